The lowest BCUT2D eigenvalue weighted by Crippen LogP contribution is -2.54. The second-order valence-electron chi connectivity index (χ2n) is 6.06. The van der Waals surface area contributed by atoms with Crippen molar-refractivity contribution in [3.63, 3.8) is 0 Å². The van der Waals surface area contributed by atoms with Crippen molar-refractivity contribution in [1.29, 1.82) is 0 Å². The van der Waals surface area contributed by atoms with E-state index in [1.54, 1.807) is 11.9 Å². The highest BCUT2D eigenvalue weighted by atomic mass is 16.5. The Hall–Kier alpha value is -1.88. The quantitative estimate of drug-likeness (QED) is 0.905. The molecule has 0 aliphatic carbocycles. The number of hydrogen-bond acceptors (Lipinski definition) is 3. The van der Waals surface area contributed by atoms with Crippen molar-refractivity contribution < 1.29 is 14.3 Å². The first-order valence-corrected chi connectivity index (χ1v) is 8.22. The van der Waals surface area contributed by atoms with Crippen molar-refractivity contribution in [3.8, 4) is 0 Å². The number of aryl methyl sites for hydroxylation is 1. The fourth-order valence-electron chi connectivity index (χ4n) is 3.00. The van der Waals surface area contributed by atoms with Crippen LogP contribution in [0, 0.1) is 6.92 Å². The van der Waals surface area contributed by atoms with Crippen LogP contribution in [-0.4, -0.2) is 42.5 Å². The van der Waals surface area contributed by atoms with Crippen LogP contribution in [0.15, 0.2) is 24.3 Å². The predicted octanol–water partition coefficient (Wildman–Crippen LogP) is 2.20. The van der Waals surface area contributed by atoms with Gasteiger partial charge in [-0.1, -0.05) is 38.1 Å². The minimum Gasteiger partial charge on any atom is -0.356 e. The number of nitrogens with one attached hydrogen (secondary N) is 1. The molecule has 1 saturated heterocycles. The zero-order valence-electron chi connectivity index (χ0n) is 14.3. The van der Waals surface area contributed by atoms with E-state index in [4.69, 9.17) is 4.74 Å². The van der Waals surface area contributed by atoms with E-state index in [1.165, 1.54) is 0 Å². The summed E-state index contributed by atoms with van der Waals surface area (Å²) in [5, 5.41) is 3.04. The maximum atomic E-state index is 12.7. The Labute approximate surface area is 138 Å². The van der Waals surface area contributed by atoms with E-state index in [2.05, 4.69) is 5.32 Å². The monoisotopic (exact) mass is 318 g/mol. The number of hydrogen-bond donors (Lipinski definition) is 1. The minimum absolute atomic E-state index is 0.0557. The zero-order chi connectivity index (χ0) is 17.0. The molecule has 1 aromatic rings. The molecule has 23 heavy (non-hydrogen) atoms. The van der Waals surface area contributed by atoms with Gasteiger partial charge < -0.3 is 15.0 Å². The van der Waals surface area contributed by atoms with E-state index in [1.807, 2.05) is 45.0 Å². The standard InChI is InChI=1S/C18H26N2O3/c1-5-13(6-2)19-18(22)17-16(20(4)15(21)11-23-17)14-10-8-7-9-12(14)3/h7-10,13,16-17H,5-6,11H2,1-4H3,(H,19,22). The van der Waals surface area contributed by atoms with Crippen LogP contribution in [0.3, 0.4) is 0 Å². The molecule has 1 heterocycles. The van der Waals surface area contributed by atoms with Gasteiger partial charge in [-0.3, -0.25) is 9.59 Å². The van der Waals surface area contributed by atoms with Crippen molar-refractivity contribution in [1.82, 2.24) is 10.2 Å². The molecule has 126 valence electrons. The smallest absolute Gasteiger partial charge is 0.251 e. The van der Waals surface area contributed by atoms with Gasteiger partial charge in [0.25, 0.3) is 5.91 Å². The second kappa shape index (κ2) is 7.59. The summed E-state index contributed by atoms with van der Waals surface area (Å²) in [5.41, 5.74) is 2.00. The van der Waals surface area contributed by atoms with Gasteiger partial charge in [-0.2, -0.15) is 0 Å². The minimum atomic E-state index is -0.681. The number of carbonyl (C=O) groups is 2. The topological polar surface area (TPSA) is 58.6 Å². The van der Waals surface area contributed by atoms with Crippen molar-refractivity contribution in [3.05, 3.63) is 35.4 Å². The molecule has 5 nitrogen and oxygen atoms in total. The Morgan fingerprint density at radius 3 is 2.61 bits per heavy atom. The Morgan fingerprint density at radius 2 is 2.00 bits per heavy atom. The fraction of sp³-hybridized carbons (Fsp3) is 0.556. The van der Waals surface area contributed by atoms with Crippen LogP contribution >= 0.6 is 0 Å². The van der Waals surface area contributed by atoms with Crippen molar-refractivity contribution in [2.45, 2.75) is 51.8 Å². The summed E-state index contributed by atoms with van der Waals surface area (Å²) in [7, 11) is 1.74. The number of morpholine rings is 1. The normalized spacial score (nSPS) is 21.6. The van der Waals surface area contributed by atoms with E-state index >= 15 is 0 Å². The van der Waals surface area contributed by atoms with Crippen LogP contribution in [0.5, 0.6) is 0 Å². The average molecular weight is 318 g/mol. The summed E-state index contributed by atoms with van der Waals surface area (Å²) in [6.45, 7) is 6.02. The molecule has 5 heteroatoms. The molecule has 0 saturated carbocycles. The maximum absolute atomic E-state index is 12.7. The van der Waals surface area contributed by atoms with E-state index in [0.29, 0.717) is 0 Å². The van der Waals surface area contributed by atoms with Crippen LogP contribution in [0.1, 0.15) is 43.9 Å². The highest BCUT2D eigenvalue weighted by Crippen LogP contribution is 2.31. The van der Waals surface area contributed by atoms with Crippen LogP contribution in [0.2, 0.25) is 0 Å². The van der Waals surface area contributed by atoms with E-state index in [0.717, 1.165) is 24.0 Å². The third-order valence-electron chi connectivity index (χ3n) is 4.58. The number of carbonyl (C=O) groups excluding carboxylic acids is 2. The van der Waals surface area contributed by atoms with Gasteiger partial charge in [0, 0.05) is 13.1 Å². The molecular formula is C18H26N2O3. The summed E-state index contributed by atoms with van der Waals surface area (Å²) in [4.78, 5) is 26.4. The third kappa shape index (κ3) is 3.72. The summed E-state index contributed by atoms with van der Waals surface area (Å²) in [6.07, 6.45) is 1.07. The van der Waals surface area contributed by atoms with Crippen LogP contribution in [0.25, 0.3) is 0 Å². The first-order valence-electron chi connectivity index (χ1n) is 8.22. The molecule has 0 spiro atoms. The molecule has 2 unspecified atom stereocenters. The Morgan fingerprint density at radius 1 is 1.35 bits per heavy atom. The summed E-state index contributed by atoms with van der Waals surface area (Å²) in [5.74, 6) is -0.254. The molecule has 1 aliphatic heterocycles. The van der Waals surface area contributed by atoms with Gasteiger partial charge in [0.05, 0.1) is 6.04 Å². The van der Waals surface area contributed by atoms with Gasteiger partial charge in [0.2, 0.25) is 5.91 Å². The van der Waals surface area contributed by atoms with Gasteiger partial charge in [0.1, 0.15) is 6.61 Å². The van der Waals surface area contributed by atoms with E-state index in [9.17, 15) is 9.59 Å². The predicted molar refractivity (Wildman–Crippen MR) is 88.9 cm³/mol. The number of likely N-dealkylation sites (N-methyl/N-ethyl adjacent to an activating group) is 1. The number of rotatable bonds is 5. The second-order valence-corrected chi connectivity index (χ2v) is 6.06. The van der Waals surface area contributed by atoms with Gasteiger partial charge in [-0.15, -0.1) is 0 Å². The first-order chi connectivity index (χ1) is 11.0. The molecule has 2 rings (SSSR count). The molecule has 2 atom stereocenters. The van der Waals surface area contributed by atoms with E-state index < -0.39 is 12.1 Å². The molecular weight excluding hydrogens is 292 g/mol. The lowest BCUT2D eigenvalue weighted by atomic mass is 9.93. The Kier molecular flexibility index (Phi) is 5.77. The number of ether oxygens (including phenoxy) is 1. The maximum Gasteiger partial charge on any atom is 0.251 e. The van der Waals surface area contributed by atoms with Gasteiger partial charge in [0.15, 0.2) is 6.10 Å². The first kappa shape index (κ1) is 17.5. The summed E-state index contributed by atoms with van der Waals surface area (Å²) in [6, 6.07) is 7.54. The highest BCUT2D eigenvalue weighted by molar-refractivity contribution is 5.86. The van der Waals surface area contributed by atoms with Crippen molar-refractivity contribution in [2.24, 2.45) is 0 Å². The molecule has 0 radical (unpaired) electrons. The lowest BCUT2D eigenvalue weighted by molar-refractivity contribution is -0.162. The van der Waals surface area contributed by atoms with E-state index in [-0.39, 0.29) is 24.5 Å². The highest BCUT2D eigenvalue weighted by Gasteiger charge is 2.40. The van der Waals surface area contributed by atoms with Gasteiger partial charge >= 0.3 is 0 Å². The van der Waals surface area contributed by atoms with Crippen molar-refractivity contribution >= 4 is 11.8 Å². The molecule has 2 amide bonds. The zero-order valence-corrected chi connectivity index (χ0v) is 14.3. The Bertz CT molecular complexity index is 569. The molecule has 1 N–H and O–H groups in total. The van der Waals surface area contributed by atoms with Gasteiger partial charge in [-0.25, -0.2) is 0 Å². The van der Waals surface area contributed by atoms with Crippen LogP contribution in [0.4, 0.5) is 0 Å². The molecule has 1 aromatic carbocycles. The molecule has 0 bridgehead atoms. The van der Waals surface area contributed by atoms with Crippen LogP contribution in [-0.2, 0) is 14.3 Å². The molecule has 1 fully saturated rings. The summed E-state index contributed by atoms with van der Waals surface area (Å²) >= 11 is 0. The van der Waals surface area contributed by atoms with Gasteiger partial charge in [-0.05, 0) is 30.9 Å². The SMILES string of the molecule is CCC(CC)NC(=O)C1OCC(=O)N(C)C1c1ccccc1C. The number of benzene rings is 1. The van der Waals surface area contributed by atoms with Crippen LogP contribution < -0.4 is 5.32 Å². The summed E-state index contributed by atoms with van der Waals surface area (Å²) < 4.78 is 5.63. The fourth-order valence-corrected chi connectivity index (χ4v) is 3.00. The van der Waals surface area contributed by atoms with Crippen molar-refractivity contribution in [2.75, 3.05) is 13.7 Å². The third-order valence-corrected chi connectivity index (χ3v) is 4.58. The Balaban J connectivity index is 2.30. The number of amides is 2. The average Bonchev–Trinajstić information content (AvgIpc) is 2.55. The molecule has 0 aromatic heterocycles. The molecule has 1 aliphatic rings. The number of nitrogens with zero attached hydrogens (tertiary/aromatic N) is 1. The lowest BCUT2D eigenvalue weighted by Gasteiger charge is -2.39. The largest absolute Gasteiger partial charge is 0.356 e.